The molecule has 29 heavy (non-hydrogen) atoms. The van der Waals surface area contributed by atoms with Crippen LogP contribution in [-0.2, 0) is 21.3 Å². The maximum Gasteiger partial charge on any atom is 0.262 e. The highest BCUT2D eigenvalue weighted by molar-refractivity contribution is 7.85. The molecule has 2 aromatic rings. The van der Waals surface area contributed by atoms with Crippen molar-refractivity contribution in [1.29, 1.82) is 0 Å². The summed E-state index contributed by atoms with van der Waals surface area (Å²) in [5.74, 6) is 0.105. The molecule has 1 aliphatic rings. The third-order valence-corrected chi connectivity index (χ3v) is 5.96. The summed E-state index contributed by atoms with van der Waals surface area (Å²) in [5, 5.41) is 1.85. The summed E-state index contributed by atoms with van der Waals surface area (Å²) in [6.07, 6.45) is 2.23. The maximum absolute atomic E-state index is 12.7. The van der Waals surface area contributed by atoms with Crippen LogP contribution >= 0.6 is 0 Å². The number of aromatic amines is 1. The number of benzene rings is 1. The summed E-state index contributed by atoms with van der Waals surface area (Å²) in [5.41, 5.74) is 0.904. The number of pyridine rings is 1. The van der Waals surface area contributed by atoms with E-state index in [4.69, 9.17) is 9.47 Å². The number of rotatable bonds is 8. The summed E-state index contributed by atoms with van der Waals surface area (Å²) in [6.45, 7) is 3.88. The molecule has 0 aliphatic carbocycles. The quantitative estimate of drug-likeness (QED) is 0.634. The van der Waals surface area contributed by atoms with Crippen molar-refractivity contribution in [2.24, 2.45) is 0 Å². The largest absolute Gasteiger partial charge is 0.488 e. The molecule has 1 aromatic heterocycles. The van der Waals surface area contributed by atoms with Crippen LogP contribution in [0.25, 0.3) is 0 Å². The number of ketones is 1. The van der Waals surface area contributed by atoms with Gasteiger partial charge in [-0.05, 0) is 31.5 Å². The Hall–Kier alpha value is -2.94. The molecule has 0 spiro atoms. The summed E-state index contributed by atoms with van der Waals surface area (Å²) in [6, 6.07) is 6.04. The molecule has 2 atom stereocenters. The summed E-state index contributed by atoms with van der Waals surface area (Å²) in [7, 11) is -1.55. The minimum atomic E-state index is -1.55. The first kappa shape index (κ1) is 20.8. The zero-order valence-corrected chi connectivity index (χ0v) is 17.0. The van der Waals surface area contributed by atoms with E-state index in [0.29, 0.717) is 29.3 Å². The van der Waals surface area contributed by atoms with Gasteiger partial charge in [-0.3, -0.25) is 18.6 Å². The van der Waals surface area contributed by atoms with Crippen molar-refractivity contribution in [3.05, 3.63) is 51.9 Å². The molecule has 0 bridgehead atoms. The lowest BCUT2D eigenvalue weighted by Crippen LogP contribution is -2.27. The van der Waals surface area contributed by atoms with Crippen molar-refractivity contribution in [3.8, 4) is 11.5 Å². The molecule has 0 saturated carbocycles. The predicted octanol–water partition coefficient (Wildman–Crippen LogP) is 2.01. The van der Waals surface area contributed by atoms with Crippen molar-refractivity contribution in [2.75, 3.05) is 18.5 Å². The van der Waals surface area contributed by atoms with Gasteiger partial charge in [0, 0.05) is 34.3 Å². The normalized spacial score (nSPS) is 14.9. The summed E-state index contributed by atoms with van der Waals surface area (Å²) in [4.78, 5) is 39.2. The SMILES string of the molecule is CCCOc1c[nH]c(CS(=O)C(C)C(=O)c2ccc3c(c2)NC(=O)CO3)cc1=O. The molecule has 0 saturated heterocycles. The Labute approximate surface area is 170 Å². The topological polar surface area (TPSA) is 115 Å². The van der Waals surface area contributed by atoms with Crippen LogP contribution in [0.5, 0.6) is 11.5 Å². The Morgan fingerprint density at radius 3 is 2.83 bits per heavy atom. The zero-order chi connectivity index (χ0) is 21.0. The zero-order valence-electron chi connectivity index (χ0n) is 16.2. The summed E-state index contributed by atoms with van der Waals surface area (Å²) >= 11 is 0. The van der Waals surface area contributed by atoms with Gasteiger partial charge in [-0.15, -0.1) is 0 Å². The Bertz CT molecular complexity index is 1020. The van der Waals surface area contributed by atoms with Crippen LogP contribution in [0.1, 0.15) is 36.3 Å². The van der Waals surface area contributed by atoms with E-state index >= 15 is 0 Å². The van der Waals surface area contributed by atoms with Crippen LogP contribution in [0, 0.1) is 0 Å². The van der Waals surface area contributed by atoms with Crippen molar-refractivity contribution < 1.29 is 23.3 Å². The Kier molecular flexibility index (Phi) is 6.48. The van der Waals surface area contributed by atoms with E-state index < -0.39 is 16.0 Å². The van der Waals surface area contributed by atoms with E-state index in [1.54, 1.807) is 19.1 Å². The second-order valence-electron chi connectivity index (χ2n) is 6.61. The van der Waals surface area contributed by atoms with Crippen LogP contribution in [0.2, 0.25) is 0 Å². The third kappa shape index (κ3) is 4.92. The van der Waals surface area contributed by atoms with Crippen molar-refractivity contribution in [1.82, 2.24) is 4.98 Å². The number of anilines is 1. The van der Waals surface area contributed by atoms with E-state index in [0.717, 1.165) is 6.42 Å². The average molecular weight is 418 g/mol. The number of hydrogen-bond donors (Lipinski definition) is 2. The number of H-pyrrole nitrogens is 1. The molecule has 2 N–H and O–H groups in total. The fraction of sp³-hybridized carbons (Fsp3) is 0.350. The van der Waals surface area contributed by atoms with E-state index in [9.17, 15) is 18.6 Å². The summed E-state index contributed by atoms with van der Waals surface area (Å²) < 4.78 is 23.3. The Morgan fingerprint density at radius 2 is 2.10 bits per heavy atom. The smallest absolute Gasteiger partial charge is 0.262 e. The number of nitrogens with one attached hydrogen (secondary N) is 2. The van der Waals surface area contributed by atoms with Gasteiger partial charge in [0.1, 0.15) is 5.75 Å². The minimum Gasteiger partial charge on any atom is -0.488 e. The molecule has 3 rings (SSSR count). The second kappa shape index (κ2) is 9.04. The molecule has 1 aromatic carbocycles. The van der Waals surface area contributed by atoms with Gasteiger partial charge in [-0.25, -0.2) is 0 Å². The van der Waals surface area contributed by atoms with Gasteiger partial charge in [-0.1, -0.05) is 6.92 Å². The molecule has 1 aliphatic heterocycles. The first-order valence-corrected chi connectivity index (χ1v) is 10.6. The molecule has 9 heteroatoms. The first-order valence-electron chi connectivity index (χ1n) is 9.21. The monoisotopic (exact) mass is 418 g/mol. The molecule has 8 nitrogen and oxygen atoms in total. The van der Waals surface area contributed by atoms with Gasteiger partial charge < -0.3 is 19.8 Å². The van der Waals surface area contributed by atoms with Crippen LogP contribution in [0.15, 0.2) is 35.3 Å². The van der Waals surface area contributed by atoms with Crippen LogP contribution in [0.4, 0.5) is 5.69 Å². The van der Waals surface area contributed by atoms with E-state index in [-0.39, 0.29) is 35.2 Å². The van der Waals surface area contributed by atoms with Crippen LogP contribution in [0.3, 0.4) is 0 Å². The molecule has 2 heterocycles. The van der Waals surface area contributed by atoms with Gasteiger partial charge in [0.15, 0.2) is 18.1 Å². The van der Waals surface area contributed by atoms with Crippen molar-refractivity contribution >= 4 is 28.2 Å². The molecule has 1 amide bonds. The van der Waals surface area contributed by atoms with Crippen LogP contribution < -0.4 is 20.2 Å². The van der Waals surface area contributed by atoms with E-state index in [2.05, 4.69) is 10.3 Å². The van der Waals surface area contributed by atoms with Gasteiger partial charge in [-0.2, -0.15) is 0 Å². The Balaban J connectivity index is 1.69. The number of fused-ring (bicyclic) bond motifs is 1. The average Bonchev–Trinajstić information content (AvgIpc) is 2.71. The first-order chi connectivity index (χ1) is 13.9. The highest BCUT2D eigenvalue weighted by Crippen LogP contribution is 2.29. The highest BCUT2D eigenvalue weighted by Gasteiger charge is 2.24. The standard InChI is InChI=1S/C20H22N2O6S/c1-3-6-27-18-9-21-14(8-16(18)23)11-29(26)12(2)20(25)13-4-5-17-15(7-13)22-19(24)10-28-17/h4-5,7-9,12H,3,6,10-11H2,1-2H3,(H,21,23)(H,22,24). The number of aromatic nitrogens is 1. The molecule has 154 valence electrons. The highest BCUT2D eigenvalue weighted by atomic mass is 32.2. The fourth-order valence-electron chi connectivity index (χ4n) is 2.78. The number of carbonyl (C=O) groups excluding carboxylic acids is 2. The third-order valence-electron chi connectivity index (χ3n) is 4.36. The number of amides is 1. The van der Waals surface area contributed by atoms with Gasteiger partial charge >= 0.3 is 0 Å². The molecule has 2 unspecified atom stereocenters. The number of ether oxygens (including phenoxy) is 2. The molecular formula is C20H22N2O6S. The van der Waals surface area contributed by atoms with Gasteiger partial charge in [0.2, 0.25) is 5.43 Å². The predicted molar refractivity (Wildman–Crippen MR) is 109 cm³/mol. The van der Waals surface area contributed by atoms with E-state index in [1.165, 1.54) is 18.3 Å². The lowest BCUT2D eigenvalue weighted by Gasteiger charge is -2.19. The lowest BCUT2D eigenvalue weighted by molar-refractivity contribution is -0.118. The number of carbonyl (C=O) groups is 2. The van der Waals surface area contributed by atoms with Crippen molar-refractivity contribution in [2.45, 2.75) is 31.3 Å². The molecular weight excluding hydrogens is 396 g/mol. The Morgan fingerprint density at radius 1 is 1.31 bits per heavy atom. The number of Topliss-reactive ketones (excluding diaryl/α,β-unsaturated/α-hetero) is 1. The molecule has 0 fully saturated rings. The molecule has 0 radical (unpaired) electrons. The second-order valence-corrected chi connectivity index (χ2v) is 8.37. The van der Waals surface area contributed by atoms with Crippen LogP contribution in [-0.4, -0.2) is 39.3 Å². The van der Waals surface area contributed by atoms with Gasteiger partial charge in [0.25, 0.3) is 5.91 Å². The lowest BCUT2D eigenvalue weighted by atomic mass is 10.1. The minimum absolute atomic E-state index is 0.0288. The van der Waals surface area contributed by atoms with Gasteiger partial charge in [0.05, 0.1) is 23.3 Å². The maximum atomic E-state index is 12.7. The number of hydrogen-bond acceptors (Lipinski definition) is 6. The van der Waals surface area contributed by atoms with E-state index in [1.807, 2.05) is 6.92 Å². The van der Waals surface area contributed by atoms with Crippen molar-refractivity contribution in [3.63, 3.8) is 0 Å². The fourth-order valence-corrected chi connectivity index (χ4v) is 3.88.